The number of hydrogen-bond acceptors (Lipinski definition) is 5. The molecule has 0 spiro atoms. The lowest BCUT2D eigenvalue weighted by Crippen LogP contribution is -2.70. The van der Waals surface area contributed by atoms with Crippen LogP contribution in [0.3, 0.4) is 0 Å². The Morgan fingerprint density at radius 1 is 1.02 bits per heavy atom. The average Bonchev–Trinajstić information content (AvgIpc) is 2.85. The molecule has 0 aliphatic heterocycles. The Morgan fingerprint density at radius 3 is 2.27 bits per heavy atom. The van der Waals surface area contributed by atoms with E-state index < -0.39 is 41.1 Å². The molecule has 5 nitrogen and oxygen atoms in total. The summed E-state index contributed by atoms with van der Waals surface area (Å²) >= 11 is 0. The van der Waals surface area contributed by atoms with Crippen molar-refractivity contribution in [1.82, 2.24) is 0 Å². The normalized spacial score (nSPS) is 46.5. The van der Waals surface area contributed by atoms with Crippen molar-refractivity contribution in [2.24, 2.45) is 56.2 Å². The van der Waals surface area contributed by atoms with Crippen molar-refractivity contribution < 1.29 is 32.6 Å². The van der Waals surface area contributed by atoms with E-state index in [0.717, 1.165) is 12.8 Å². The molecule has 0 amide bonds. The Labute approximate surface area is 242 Å². The van der Waals surface area contributed by atoms with Crippen LogP contribution in [-0.2, 0) is 14.3 Å². The number of nitrogens with zero attached hydrogens (tertiary/aromatic N) is 1. The molecule has 5 aliphatic carbocycles. The molecule has 0 radical (unpaired) electrons. The largest absolute Gasteiger partial charge is 0.456 e. The lowest BCUT2D eigenvalue weighted by molar-refractivity contribution is -0.263. The van der Waals surface area contributed by atoms with E-state index in [0.29, 0.717) is 38.5 Å². The van der Waals surface area contributed by atoms with Crippen LogP contribution in [0.1, 0.15) is 99.8 Å². The molecular formula is C33H46F3NO4. The molecule has 4 saturated carbocycles. The summed E-state index contributed by atoms with van der Waals surface area (Å²) in [5.74, 6) is -1.41. The third-order valence-electron chi connectivity index (χ3n) is 13.5. The molecule has 0 saturated heterocycles. The van der Waals surface area contributed by atoms with Crippen LogP contribution in [0.15, 0.2) is 11.6 Å². The number of allylic oxidation sites excluding steroid dienone is 2. The van der Waals surface area contributed by atoms with Crippen LogP contribution in [0.25, 0.3) is 0 Å². The molecule has 0 unspecified atom stereocenters. The number of alkyl halides is 3. The fourth-order valence-electron chi connectivity index (χ4n) is 11.3. The summed E-state index contributed by atoms with van der Waals surface area (Å²) in [6.45, 7) is 13.3. The van der Waals surface area contributed by atoms with Gasteiger partial charge in [0.2, 0.25) is 0 Å². The monoisotopic (exact) mass is 577 g/mol. The highest BCUT2D eigenvalue weighted by molar-refractivity contribution is 6.04. The number of esters is 1. The van der Waals surface area contributed by atoms with E-state index in [1.807, 2.05) is 19.9 Å². The lowest BCUT2D eigenvalue weighted by Gasteiger charge is -2.73. The van der Waals surface area contributed by atoms with E-state index >= 15 is 0 Å². The van der Waals surface area contributed by atoms with Crippen molar-refractivity contribution in [3.05, 3.63) is 11.6 Å². The third kappa shape index (κ3) is 4.18. The Balaban J connectivity index is 1.59. The average molecular weight is 578 g/mol. The van der Waals surface area contributed by atoms with E-state index in [2.05, 4.69) is 40.7 Å². The molecule has 228 valence electrons. The second-order valence-corrected chi connectivity index (χ2v) is 16.2. The number of ether oxygens (including phenoxy) is 1. The van der Waals surface area contributed by atoms with Crippen molar-refractivity contribution >= 4 is 11.8 Å². The van der Waals surface area contributed by atoms with Gasteiger partial charge >= 0.3 is 12.1 Å². The van der Waals surface area contributed by atoms with Gasteiger partial charge in [-0.25, -0.2) is 0 Å². The third-order valence-corrected chi connectivity index (χ3v) is 13.5. The molecule has 9 atom stereocenters. The molecular weight excluding hydrogens is 531 g/mol. The number of aliphatic hydroxyl groups is 1. The maximum Gasteiger partial charge on any atom is 0.422 e. The molecule has 0 bridgehead atoms. The number of carbonyl (C=O) groups is 2. The van der Waals surface area contributed by atoms with Gasteiger partial charge in [-0.15, -0.1) is 0 Å². The molecule has 41 heavy (non-hydrogen) atoms. The number of rotatable bonds is 2. The van der Waals surface area contributed by atoms with E-state index in [1.54, 1.807) is 0 Å². The van der Waals surface area contributed by atoms with Crippen molar-refractivity contribution in [3.63, 3.8) is 0 Å². The second-order valence-electron chi connectivity index (χ2n) is 16.2. The summed E-state index contributed by atoms with van der Waals surface area (Å²) in [4.78, 5) is 26.8. The van der Waals surface area contributed by atoms with Crippen LogP contribution in [0.4, 0.5) is 13.2 Å². The first-order valence-electron chi connectivity index (χ1n) is 15.3. The van der Waals surface area contributed by atoms with Crippen LogP contribution in [0.5, 0.6) is 0 Å². The summed E-state index contributed by atoms with van der Waals surface area (Å²) < 4.78 is 44.3. The summed E-state index contributed by atoms with van der Waals surface area (Å²) in [5, 5.41) is 22.0. The summed E-state index contributed by atoms with van der Waals surface area (Å²) in [5.41, 5.74) is -2.78. The minimum atomic E-state index is -4.59. The maximum absolute atomic E-state index is 13.6. The quantitative estimate of drug-likeness (QED) is 0.351. The van der Waals surface area contributed by atoms with Crippen LogP contribution in [0, 0.1) is 67.5 Å². The molecule has 0 heterocycles. The molecule has 5 aliphatic rings. The van der Waals surface area contributed by atoms with Gasteiger partial charge in [0, 0.05) is 5.41 Å². The van der Waals surface area contributed by atoms with E-state index in [1.165, 1.54) is 0 Å². The van der Waals surface area contributed by atoms with Crippen molar-refractivity contribution in [3.8, 4) is 6.07 Å². The fourth-order valence-corrected chi connectivity index (χ4v) is 11.3. The van der Waals surface area contributed by atoms with Gasteiger partial charge in [-0.2, -0.15) is 18.4 Å². The van der Waals surface area contributed by atoms with Gasteiger partial charge in [-0.05, 0) is 96.7 Å². The Bertz CT molecular complexity index is 1220. The van der Waals surface area contributed by atoms with Crippen molar-refractivity contribution in [2.75, 3.05) is 6.61 Å². The smallest absolute Gasteiger partial charge is 0.422 e. The zero-order chi connectivity index (χ0) is 30.6. The van der Waals surface area contributed by atoms with E-state index in [9.17, 15) is 33.1 Å². The van der Waals surface area contributed by atoms with E-state index in [-0.39, 0.29) is 51.3 Å². The Morgan fingerprint density at radius 2 is 1.66 bits per heavy atom. The zero-order valence-corrected chi connectivity index (χ0v) is 25.6. The van der Waals surface area contributed by atoms with Crippen LogP contribution in [-0.4, -0.2) is 35.7 Å². The lowest BCUT2D eigenvalue weighted by atomic mass is 9.31. The first-order chi connectivity index (χ1) is 18.7. The number of ketones is 1. The SMILES string of the molecule is CC1(C)CC[C@]2(C(=O)OCC(F)(F)F)CC[C@]3(C)[C@H]([C@H](O)C[C@@H]4[C@@]5(C)C=C(C#N)C(=O)C(C)(C)[C@@H]5CC[C@]43C)[C@@H]2C1. The molecule has 0 aromatic carbocycles. The number of carbonyl (C=O) groups excluding carboxylic acids is 2. The van der Waals surface area contributed by atoms with E-state index in [4.69, 9.17) is 4.74 Å². The number of hydrogen-bond donors (Lipinski definition) is 1. The molecule has 0 aromatic rings. The van der Waals surface area contributed by atoms with Gasteiger partial charge in [-0.3, -0.25) is 9.59 Å². The summed E-state index contributed by atoms with van der Waals surface area (Å²) in [6, 6.07) is 2.16. The van der Waals surface area contributed by atoms with Gasteiger partial charge in [0.1, 0.15) is 6.07 Å². The molecule has 4 fully saturated rings. The number of nitriles is 1. The van der Waals surface area contributed by atoms with Crippen molar-refractivity contribution in [1.29, 1.82) is 5.26 Å². The van der Waals surface area contributed by atoms with Crippen LogP contribution in [0.2, 0.25) is 0 Å². The highest BCUT2D eigenvalue weighted by Crippen LogP contribution is 2.76. The Hall–Kier alpha value is -1.88. The summed E-state index contributed by atoms with van der Waals surface area (Å²) in [6.07, 6.45) is 1.55. The van der Waals surface area contributed by atoms with Crippen molar-refractivity contribution in [2.45, 2.75) is 112 Å². The molecule has 5 rings (SSSR count). The van der Waals surface area contributed by atoms with Gasteiger partial charge < -0.3 is 9.84 Å². The highest BCUT2D eigenvalue weighted by atomic mass is 19.4. The number of aliphatic hydroxyl groups excluding tert-OH is 1. The molecule has 1 N–H and O–H groups in total. The minimum absolute atomic E-state index is 0.00186. The van der Waals surface area contributed by atoms with Gasteiger partial charge in [0.25, 0.3) is 0 Å². The summed E-state index contributed by atoms with van der Waals surface area (Å²) in [7, 11) is 0. The van der Waals surface area contributed by atoms with Crippen LogP contribution < -0.4 is 0 Å². The highest BCUT2D eigenvalue weighted by Gasteiger charge is 2.73. The van der Waals surface area contributed by atoms with Gasteiger partial charge in [0.05, 0.1) is 17.1 Å². The number of fused-ring (bicyclic) bond motifs is 7. The number of Topliss-reactive ketones (excluding diaryl/α,β-unsaturated/α-hetero) is 1. The molecule has 0 aromatic heterocycles. The minimum Gasteiger partial charge on any atom is -0.456 e. The first-order valence-corrected chi connectivity index (χ1v) is 15.3. The fraction of sp³-hybridized carbons (Fsp3) is 0.848. The predicted molar refractivity (Wildman–Crippen MR) is 147 cm³/mol. The Kier molecular flexibility index (Phi) is 6.76. The topological polar surface area (TPSA) is 87.4 Å². The van der Waals surface area contributed by atoms with Gasteiger partial charge in [-0.1, -0.05) is 54.5 Å². The standard InChI is InChI=1S/C33H46F3NO4/c1-27(2)10-12-32(26(40)41-18-33(34,35)36)13-11-31(7)24(20(32)16-27)21(38)14-23-29(5)15-19(17-37)25(39)28(3,4)22(29)8-9-30(23,31)6/h15,20-24,38H,8-14,16,18H2,1-7H3/t20-,21+,22-,23+,24-,29-,30+,31+,32-/m0/s1. The van der Waals surface area contributed by atoms with Crippen LogP contribution >= 0.6 is 0 Å². The maximum atomic E-state index is 13.6. The predicted octanol–water partition coefficient (Wildman–Crippen LogP) is 7.18. The zero-order valence-electron chi connectivity index (χ0n) is 25.6. The number of halogens is 3. The second kappa shape index (κ2) is 9.07. The molecule has 8 heteroatoms. The van der Waals surface area contributed by atoms with Gasteiger partial charge in [0.15, 0.2) is 12.4 Å². The first kappa shape index (κ1) is 30.6.